The van der Waals surface area contributed by atoms with E-state index in [-0.39, 0.29) is 11.7 Å². The van der Waals surface area contributed by atoms with Gasteiger partial charge in [0.1, 0.15) is 0 Å². The Kier molecular flexibility index (Phi) is 2.76. The van der Waals surface area contributed by atoms with E-state index in [1.54, 1.807) is 0 Å². The summed E-state index contributed by atoms with van der Waals surface area (Å²) in [5.74, 6) is 0.826. The zero-order valence-corrected chi connectivity index (χ0v) is 8.75. The summed E-state index contributed by atoms with van der Waals surface area (Å²) >= 11 is 0. The van der Waals surface area contributed by atoms with Gasteiger partial charge in [0.15, 0.2) is 6.10 Å². The molecule has 1 aliphatic heterocycles. The summed E-state index contributed by atoms with van der Waals surface area (Å²) in [7, 11) is 0. The minimum atomic E-state index is -0.239. The Balaban J connectivity index is 1.98. The molecule has 1 saturated heterocycles. The Labute approximate surface area is 85.4 Å². The number of nitriles is 1. The topological polar surface area (TPSA) is 45.0 Å². The van der Waals surface area contributed by atoms with Gasteiger partial charge in [-0.05, 0) is 31.6 Å². The highest BCUT2D eigenvalue weighted by molar-refractivity contribution is 4.98. The average Bonchev–Trinajstić information content (AvgIpc) is 2.23. The molecule has 1 N–H and O–H groups in total. The van der Waals surface area contributed by atoms with E-state index in [0.717, 1.165) is 25.3 Å². The molecule has 0 amide bonds. The summed E-state index contributed by atoms with van der Waals surface area (Å²) in [5.41, 5.74) is -0.0227. The number of nitrogens with one attached hydrogen (secondary N) is 1. The smallest absolute Gasteiger partial charge is 0.157 e. The van der Waals surface area contributed by atoms with Gasteiger partial charge in [-0.25, -0.2) is 0 Å². The largest absolute Gasteiger partial charge is 0.354 e. The van der Waals surface area contributed by atoms with Gasteiger partial charge in [-0.3, -0.25) is 0 Å². The van der Waals surface area contributed by atoms with E-state index in [9.17, 15) is 0 Å². The number of ether oxygens (including phenoxy) is 1. The molecule has 1 saturated carbocycles. The van der Waals surface area contributed by atoms with Crippen molar-refractivity contribution in [3.63, 3.8) is 0 Å². The Morgan fingerprint density at radius 1 is 1.43 bits per heavy atom. The second-order valence-corrected chi connectivity index (χ2v) is 4.73. The van der Waals surface area contributed by atoms with Crippen molar-refractivity contribution in [1.29, 1.82) is 5.26 Å². The lowest BCUT2D eigenvalue weighted by molar-refractivity contribution is -0.119. The molecule has 3 heteroatoms. The van der Waals surface area contributed by atoms with Gasteiger partial charge in [-0.1, -0.05) is 6.92 Å². The van der Waals surface area contributed by atoms with E-state index in [1.807, 2.05) is 0 Å². The molecule has 2 fully saturated rings. The summed E-state index contributed by atoms with van der Waals surface area (Å²) in [6.07, 6.45) is 4.45. The van der Waals surface area contributed by atoms with Crippen molar-refractivity contribution in [3.05, 3.63) is 0 Å². The van der Waals surface area contributed by atoms with Crippen molar-refractivity contribution in [1.82, 2.24) is 5.32 Å². The molecule has 14 heavy (non-hydrogen) atoms. The van der Waals surface area contributed by atoms with Crippen LogP contribution in [-0.4, -0.2) is 24.8 Å². The highest BCUT2D eigenvalue weighted by Gasteiger charge is 2.39. The highest BCUT2D eigenvalue weighted by Crippen LogP contribution is 2.36. The van der Waals surface area contributed by atoms with E-state index in [1.165, 1.54) is 12.8 Å². The summed E-state index contributed by atoms with van der Waals surface area (Å²) in [4.78, 5) is 0. The monoisotopic (exact) mass is 194 g/mol. The van der Waals surface area contributed by atoms with Crippen molar-refractivity contribution >= 4 is 0 Å². The molecule has 1 aliphatic carbocycles. The molecule has 78 valence electrons. The molecule has 0 aromatic rings. The predicted octanol–water partition coefficient (Wildman–Crippen LogP) is 1.45. The minimum Gasteiger partial charge on any atom is -0.354 e. The third kappa shape index (κ3) is 1.92. The van der Waals surface area contributed by atoms with Crippen molar-refractivity contribution in [2.24, 2.45) is 5.92 Å². The Morgan fingerprint density at radius 3 is 2.79 bits per heavy atom. The molecule has 1 spiro atoms. The van der Waals surface area contributed by atoms with Crippen LogP contribution in [0.5, 0.6) is 0 Å². The van der Waals surface area contributed by atoms with E-state index in [2.05, 4.69) is 18.3 Å². The molecule has 3 nitrogen and oxygen atoms in total. The van der Waals surface area contributed by atoms with Crippen LogP contribution >= 0.6 is 0 Å². The molecule has 1 unspecified atom stereocenters. The molecule has 2 rings (SSSR count). The van der Waals surface area contributed by atoms with Gasteiger partial charge in [0.2, 0.25) is 0 Å². The lowest BCUT2D eigenvalue weighted by Gasteiger charge is -2.43. The second-order valence-electron chi connectivity index (χ2n) is 4.73. The number of rotatable bonds is 0. The average molecular weight is 194 g/mol. The molecule has 1 heterocycles. The fourth-order valence-corrected chi connectivity index (χ4v) is 2.47. The first-order valence-corrected chi connectivity index (χ1v) is 5.52. The molecule has 1 atom stereocenters. The van der Waals surface area contributed by atoms with Crippen LogP contribution in [0.25, 0.3) is 0 Å². The maximum Gasteiger partial charge on any atom is 0.157 e. The zero-order valence-electron chi connectivity index (χ0n) is 8.75. The van der Waals surface area contributed by atoms with Crippen LogP contribution in [0, 0.1) is 17.2 Å². The van der Waals surface area contributed by atoms with Gasteiger partial charge < -0.3 is 10.1 Å². The quantitative estimate of drug-likeness (QED) is 0.634. The van der Waals surface area contributed by atoms with Crippen molar-refractivity contribution in [2.45, 2.75) is 44.3 Å². The standard InChI is InChI=1S/C11H18N2O/c1-9-2-4-11(5-3-9)8-13-7-10(6-12)14-11/h9-10,13H,2-5,7-8H2,1H3. The molecule has 0 bridgehead atoms. The number of morpholine rings is 1. The highest BCUT2D eigenvalue weighted by atomic mass is 16.5. The molecule has 0 radical (unpaired) electrons. The number of hydrogen-bond donors (Lipinski definition) is 1. The maximum absolute atomic E-state index is 8.84. The summed E-state index contributed by atoms with van der Waals surface area (Å²) in [6.45, 7) is 3.91. The second kappa shape index (κ2) is 3.88. The van der Waals surface area contributed by atoms with Crippen molar-refractivity contribution in [3.8, 4) is 6.07 Å². The normalized spacial score (nSPS) is 43.4. The Bertz CT molecular complexity index is 238. The van der Waals surface area contributed by atoms with Crippen LogP contribution in [0.3, 0.4) is 0 Å². The predicted molar refractivity (Wildman–Crippen MR) is 53.7 cm³/mol. The fourth-order valence-electron chi connectivity index (χ4n) is 2.47. The summed E-state index contributed by atoms with van der Waals surface area (Å²) in [6, 6.07) is 2.20. The van der Waals surface area contributed by atoms with Crippen molar-refractivity contribution < 1.29 is 4.74 Å². The zero-order chi connectivity index (χ0) is 10.0. The van der Waals surface area contributed by atoms with Gasteiger partial charge in [-0.15, -0.1) is 0 Å². The molecular formula is C11H18N2O. The Morgan fingerprint density at radius 2 is 2.14 bits per heavy atom. The summed E-state index contributed by atoms with van der Waals surface area (Å²) < 4.78 is 5.89. The minimum absolute atomic E-state index is 0.0227. The van der Waals surface area contributed by atoms with Crippen LogP contribution in [0.15, 0.2) is 0 Å². The van der Waals surface area contributed by atoms with Crippen LogP contribution in [0.2, 0.25) is 0 Å². The van der Waals surface area contributed by atoms with Crippen LogP contribution in [-0.2, 0) is 4.74 Å². The number of nitrogens with zero attached hydrogens (tertiary/aromatic N) is 1. The SMILES string of the molecule is CC1CCC2(CC1)CNCC(C#N)O2. The first-order valence-electron chi connectivity index (χ1n) is 5.52. The van der Waals surface area contributed by atoms with Gasteiger partial charge in [0.25, 0.3) is 0 Å². The van der Waals surface area contributed by atoms with Crippen molar-refractivity contribution in [2.75, 3.05) is 13.1 Å². The van der Waals surface area contributed by atoms with Crippen LogP contribution < -0.4 is 5.32 Å². The lowest BCUT2D eigenvalue weighted by atomic mass is 9.78. The maximum atomic E-state index is 8.84. The number of hydrogen-bond acceptors (Lipinski definition) is 3. The summed E-state index contributed by atoms with van der Waals surface area (Å²) in [5, 5.41) is 12.2. The van der Waals surface area contributed by atoms with E-state index in [4.69, 9.17) is 10.00 Å². The third-order valence-electron chi connectivity index (χ3n) is 3.50. The Hall–Kier alpha value is -0.590. The lowest BCUT2D eigenvalue weighted by Crippen LogP contribution is -2.54. The van der Waals surface area contributed by atoms with Gasteiger partial charge in [-0.2, -0.15) is 5.26 Å². The molecule has 0 aromatic heterocycles. The van der Waals surface area contributed by atoms with Gasteiger partial charge in [0, 0.05) is 13.1 Å². The van der Waals surface area contributed by atoms with Gasteiger partial charge in [0.05, 0.1) is 11.7 Å². The first-order chi connectivity index (χ1) is 6.74. The van der Waals surface area contributed by atoms with E-state index < -0.39 is 0 Å². The van der Waals surface area contributed by atoms with Crippen LogP contribution in [0.1, 0.15) is 32.6 Å². The first kappa shape index (κ1) is 9.95. The van der Waals surface area contributed by atoms with Gasteiger partial charge >= 0.3 is 0 Å². The van der Waals surface area contributed by atoms with E-state index >= 15 is 0 Å². The molecule has 2 aliphatic rings. The molecular weight excluding hydrogens is 176 g/mol. The third-order valence-corrected chi connectivity index (χ3v) is 3.50. The van der Waals surface area contributed by atoms with E-state index in [0.29, 0.717) is 6.54 Å². The molecule has 0 aromatic carbocycles. The fraction of sp³-hybridized carbons (Fsp3) is 0.909. The van der Waals surface area contributed by atoms with Crippen LogP contribution in [0.4, 0.5) is 0 Å².